The van der Waals surface area contributed by atoms with Gasteiger partial charge in [-0.15, -0.1) is 0 Å². The van der Waals surface area contributed by atoms with Gasteiger partial charge in [0, 0.05) is 0 Å². The van der Waals surface area contributed by atoms with Crippen molar-refractivity contribution in [3.63, 3.8) is 0 Å². The highest BCUT2D eigenvalue weighted by molar-refractivity contribution is 5.84. The first-order valence-electron chi connectivity index (χ1n) is 4.94. The highest BCUT2D eigenvalue weighted by Gasteiger charge is 2.16. The van der Waals surface area contributed by atoms with Gasteiger partial charge in [0.15, 0.2) is 17.8 Å². The van der Waals surface area contributed by atoms with Crippen molar-refractivity contribution in [3.05, 3.63) is 23.8 Å². The minimum absolute atomic E-state index is 0.179. The molecule has 0 unspecified atom stereocenters. The predicted molar refractivity (Wildman–Crippen MR) is 58.9 cm³/mol. The van der Waals surface area contributed by atoms with Crippen molar-refractivity contribution in [2.45, 2.75) is 13.8 Å². The molecule has 0 N–H and O–H groups in total. The Kier molecular flexibility index (Phi) is 4.05. The van der Waals surface area contributed by atoms with E-state index in [1.165, 1.54) is 7.11 Å². The van der Waals surface area contributed by atoms with E-state index in [0.717, 1.165) is 0 Å². The lowest BCUT2D eigenvalue weighted by atomic mass is 10.2. The fourth-order valence-electron chi connectivity index (χ4n) is 1.11. The molecule has 0 amide bonds. The SMILES string of the molecule is COc1cccc(C=O)c1OC(=O)C(C)C. The number of para-hydroxylation sites is 1. The summed E-state index contributed by atoms with van der Waals surface area (Å²) in [5.74, 6) is -0.102. The van der Waals surface area contributed by atoms with E-state index in [-0.39, 0.29) is 11.7 Å². The maximum Gasteiger partial charge on any atom is 0.313 e. The van der Waals surface area contributed by atoms with Gasteiger partial charge in [-0.1, -0.05) is 19.9 Å². The Morgan fingerprint density at radius 1 is 1.38 bits per heavy atom. The fraction of sp³-hybridized carbons (Fsp3) is 0.333. The summed E-state index contributed by atoms with van der Waals surface area (Å²) in [5, 5.41) is 0. The number of ether oxygens (including phenoxy) is 2. The average molecular weight is 222 g/mol. The Balaban J connectivity index is 3.09. The van der Waals surface area contributed by atoms with Crippen molar-refractivity contribution in [3.8, 4) is 11.5 Å². The molecule has 0 aliphatic carbocycles. The van der Waals surface area contributed by atoms with E-state index in [1.807, 2.05) is 0 Å². The van der Waals surface area contributed by atoms with Crippen LogP contribution in [0.25, 0.3) is 0 Å². The first-order valence-corrected chi connectivity index (χ1v) is 4.94. The van der Waals surface area contributed by atoms with E-state index in [9.17, 15) is 9.59 Å². The van der Waals surface area contributed by atoms with Gasteiger partial charge >= 0.3 is 5.97 Å². The van der Waals surface area contributed by atoms with Gasteiger partial charge in [-0.05, 0) is 12.1 Å². The Bertz CT molecular complexity index is 396. The largest absolute Gasteiger partial charge is 0.493 e. The van der Waals surface area contributed by atoms with Crippen molar-refractivity contribution >= 4 is 12.3 Å². The molecule has 0 spiro atoms. The van der Waals surface area contributed by atoms with Gasteiger partial charge in [0.1, 0.15) is 0 Å². The summed E-state index contributed by atoms with van der Waals surface area (Å²) in [7, 11) is 1.45. The van der Waals surface area contributed by atoms with E-state index in [4.69, 9.17) is 9.47 Å². The summed E-state index contributed by atoms with van der Waals surface area (Å²) in [6.07, 6.45) is 0.630. The van der Waals surface area contributed by atoms with Crippen LogP contribution >= 0.6 is 0 Å². The van der Waals surface area contributed by atoms with Crippen LogP contribution in [0.2, 0.25) is 0 Å². The number of carbonyl (C=O) groups is 2. The van der Waals surface area contributed by atoms with Crippen LogP contribution in [0.4, 0.5) is 0 Å². The third-order valence-corrected chi connectivity index (χ3v) is 2.03. The van der Waals surface area contributed by atoms with E-state index in [0.29, 0.717) is 17.6 Å². The summed E-state index contributed by atoms with van der Waals surface area (Å²) in [6, 6.07) is 4.86. The van der Waals surface area contributed by atoms with Crippen molar-refractivity contribution < 1.29 is 19.1 Å². The normalized spacial score (nSPS) is 10.0. The highest BCUT2D eigenvalue weighted by Crippen LogP contribution is 2.30. The Labute approximate surface area is 94.2 Å². The molecule has 0 aromatic heterocycles. The number of hydrogen-bond acceptors (Lipinski definition) is 4. The number of esters is 1. The van der Waals surface area contributed by atoms with Gasteiger partial charge in [-0.2, -0.15) is 0 Å². The van der Waals surface area contributed by atoms with Gasteiger partial charge in [0.2, 0.25) is 0 Å². The van der Waals surface area contributed by atoms with Crippen LogP contribution in [0.1, 0.15) is 24.2 Å². The zero-order chi connectivity index (χ0) is 12.1. The lowest BCUT2D eigenvalue weighted by Gasteiger charge is -2.12. The number of benzene rings is 1. The van der Waals surface area contributed by atoms with Crippen molar-refractivity contribution in [1.82, 2.24) is 0 Å². The molecule has 0 radical (unpaired) electrons. The number of aldehydes is 1. The minimum Gasteiger partial charge on any atom is -0.493 e. The van der Waals surface area contributed by atoms with Crippen molar-refractivity contribution in [1.29, 1.82) is 0 Å². The summed E-state index contributed by atoms with van der Waals surface area (Å²) < 4.78 is 10.2. The molecule has 1 aromatic rings. The molecule has 0 fully saturated rings. The lowest BCUT2D eigenvalue weighted by molar-refractivity contribution is -0.137. The predicted octanol–water partition coefficient (Wildman–Crippen LogP) is 2.07. The van der Waals surface area contributed by atoms with Crippen molar-refractivity contribution in [2.24, 2.45) is 5.92 Å². The van der Waals surface area contributed by atoms with Gasteiger partial charge in [-0.25, -0.2) is 0 Å². The van der Waals surface area contributed by atoms with E-state index in [1.54, 1.807) is 32.0 Å². The molecule has 0 aliphatic heterocycles. The first-order chi connectivity index (χ1) is 7.60. The number of carbonyl (C=O) groups excluding carboxylic acids is 2. The van der Waals surface area contributed by atoms with E-state index >= 15 is 0 Å². The molecule has 86 valence electrons. The molecule has 1 rings (SSSR count). The zero-order valence-electron chi connectivity index (χ0n) is 9.52. The maximum atomic E-state index is 11.5. The molecule has 4 heteroatoms. The second-order valence-electron chi connectivity index (χ2n) is 3.57. The Morgan fingerprint density at radius 3 is 2.56 bits per heavy atom. The number of methoxy groups -OCH3 is 1. The van der Waals surface area contributed by atoms with Gasteiger partial charge in [0.05, 0.1) is 18.6 Å². The summed E-state index contributed by atoms with van der Waals surface area (Å²) >= 11 is 0. The van der Waals surface area contributed by atoms with Crippen LogP contribution in [-0.4, -0.2) is 19.4 Å². The molecule has 0 aliphatic rings. The molecule has 0 heterocycles. The third-order valence-electron chi connectivity index (χ3n) is 2.03. The van der Waals surface area contributed by atoms with Crippen LogP contribution in [0.3, 0.4) is 0 Å². The van der Waals surface area contributed by atoms with E-state index in [2.05, 4.69) is 0 Å². The van der Waals surface area contributed by atoms with Gasteiger partial charge < -0.3 is 9.47 Å². The second kappa shape index (κ2) is 5.30. The molecule has 16 heavy (non-hydrogen) atoms. The fourth-order valence-corrected chi connectivity index (χ4v) is 1.11. The summed E-state index contributed by atoms with van der Waals surface area (Å²) in [4.78, 5) is 22.3. The quantitative estimate of drug-likeness (QED) is 0.444. The number of rotatable bonds is 4. The average Bonchev–Trinajstić information content (AvgIpc) is 2.29. The molecule has 0 atom stereocenters. The van der Waals surface area contributed by atoms with Crippen LogP contribution < -0.4 is 9.47 Å². The third kappa shape index (κ3) is 2.59. The van der Waals surface area contributed by atoms with Gasteiger partial charge in [-0.3, -0.25) is 9.59 Å². The molecule has 0 saturated heterocycles. The van der Waals surface area contributed by atoms with Gasteiger partial charge in [0.25, 0.3) is 0 Å². The highest BCUT2D eigenvalue weighted by atomic mass is 16.6. The molecular formula is C12H14O4. The van der Waals surface area contributed by atoms with Crippen LogP contribution in [0, 0.1) is 5.92 Å². The zero-order valence-corrected chi connectivity index (χ0v) is 9.52. The topological polar surface area (TPSA) is 52.6 Å². The molecule has 1 aromatic carbocycles. The first kappa shape index (κ1) is 12.2. The molecule has 4 nitrogen and oxygen atoms in total. The lowest BCUT2D eigenvalue weighted by Crippen LogP contribution is -2.16. The Morgan fingerprint density at radius 2 is 2.06 bits per heavy atom. The Hall–Kier alpha value is -1.84. The molecular weight excluding hydrogens is 208 g/mol. The summed E-state index contributed by atoms with van der Waals surface area (Å²) in [6.45, 7) is 3.44. The standard InChI is InChI=1S/C12H14O4/c1-8(2)12(14)16-11-9(7-13)5-4-6-10(11)15-3/h4-8H,1-3H3. The summed E-state index contributed by atoms with van der Waals surface area (Å²) in [5.41, 5.74) is 0.299. The molecule has 0 saturated carbocycles. The monoisotopic (exact) mass is 222 g/mol. The number of hydrogen-bond donors (Lipinski definition) is 0. The van der Waals surface area contributed by atoms with Crippen LogP contribution in [-0.2, 0) is 4.79 Å². The maximum absolute atomic E-state index is 11.5. The second-order valence-corrected chi connectivity index (χ2v) is 3.57. The minimum atomic E-state index is -0.396. The molecule has 0 bridgehead atoms. The van der Waals surface area contributed by atoms with Crippen LogP contribution in [0.15, 0.2) is 18.2 Å². The van der Waals surface area contributed by atoms with E-state index < -0.39 is 5.97 Å². The smallest absolute Gasteiger partial charge is 0.313 e. The van der Waals surface area contributed by atoms with Crippen LogP contribution in [0.5, 0.6) is 11.5 Å². The van der Waals surface area contributed by atoms with Crippen molar-refractivity contribution in [2.75, 3.05) is 7.11 Å².